The first-order valence-corrected chi connectivity index (χ1v) is 6.63. The van der Waals surface area contributed by atoms with Crippen molar-refractivity contribution in [3.05, 3.63) is 53.1 Å². The molecule has 1 saturated carbocycles. The van der Waals surface area contributed by atoms with Crippen molar-refractivity contribution >= 4 is 5.91 Å². The van der Waals surface area contributed by atoms with E-state index in [9.17, 15) is 9.59 Å². The number of hydrogen-bond donors (Lipinski definition) is 1. The highest BCUT2D eigenvalue weighted by Crippen LogP contribution is 2.18. The number of rotatable bonds is 4. The van der Waals surface area contributed by atoms with Crippen molar-refractivity contribution in [1.82, 2.24) is 14.9 Å². The molecule has 0 spiro atoms. The van der Waals surface area contributed by atoms with Gasteiger partial charge in [0.15, 0.2) is 0 Å². The molecule has 1 amide bonds. The highest BCUT2D eigenvalue weighted by Gasteiger charge is 2.23. The van der Waals surface area contributed by atoms with Gasteiger partial charge in [-0.25, -0.2) is 4.98 Å². The molecule has 5 nitrogen and oxygen atoms in total. The van der Waals surface area contributed by atoms with Gasteiger partial charge in [-0.15, -0.1) is 0 Å². The van der Waals surface area contributed by atoms with Gasteiger partial charge in [0, 0.05) is 17.8 Å². The quantitative estimate of drug-likeness (QED) is 0.906. The molecule has 2 aromatic rings. The second-order valence-corrected chi connectivity index (χ2v) is 4.95. The highest BCUT2D eigenvalue weighted by molar-refractivity contribution is 5.76. The number of carbonyl (C=O) groups excluding carboxylic acids is 1. The van der Waals surface area contributed by atoms with Crippen LogP contribution in [0.4, 0.5) is 0 Å². The van der Waals surface area contributed by atoms with E-state index in [-0.39, 0.29) is 18.0 Å². The molecule has 1 fully saturated rings. The Balaban J connectivity index is 1.83. The molecule has 5 heteroatoms. The van der Waals surface area contributed by atoms with Gasteiger partial charge in [0.05, 0.1) is 11.9 Å². The van der Waals surface area contributed by atoms with Gasteiger partial charge in [-0.3, -0.25) is 9.59 Å². The fourth-order valence-electron chi connectivity index (χ4n) is 1.98. The summed E-state index contributed by atoms with van der Waals surface area (Å²) >= 11 is 0. The van der Waals surface area contributed by atoms with Gasteiger partial charge in [0.1, 0.15) is 6.54 Å². The van der Waals surface area contributed by atoms with Crippen molar-refractivity contribution in [3.63, 3.8) is 0 Å². The van der Waals surface area contributed by atoms with Crippen LogP contribution in [0.1, 0.15) is 12.8 Å². The van der Waals surface area contributed by atoms with Crippen LogP contribution < -0.4 is 10.9 Å². The maximum atomic E-state index is 11.8. The van der Waals surface area contributed by atoms with Gasteiger partial charge >= 0.3 is 0 Å². The molecule has 102 valence electrons. The Hall–Kier alpha value is -2.43. The summed E-state index contributed by atoms with van der Waals surface area (Å²) in [6.07, 6.45) is 4.95. The molecule has 20 heavy (non-hydrogen) atoms. The summed E-state index contributed by atoms with van der Waals surface area (Å²) in [4.78, 5) is 27.7. The minimum absolute atomic E-state index is 0.0394. The molecule has 3 rings (SSSR count). The SMILES string of the molecule is O=C(Cn1cc(-c2ccccc2)ncc1=O)NC1CC1. The zero-order chi connectivity index (χ0) is 13.9. The summed E-state index contributed by atoms with van der Waals surface area (Å²) < 4.78 is 1.40. The number of nitrogens with zero attached hydrogens (tertiary/aromatic N) is 2. The topological polar surface area (TPSA) is 64.0 Å². The van der Waals surface area contributed by atoms with E-state index in [4.69, 9.17) is 0 Å². The summed E-state index contributed by atoms with van der Waals surface area (Å²) in [5.41, 5.74) is 1.34. The van der Waals surface area contributed by atoms with Crippen molar-refractivity contribution in [1.29, 1.82) is 0 Å². The Labute approximate surface area is 116 Å². The standard InChI is InChI=1S/C15H15N3O2/c19-14(17-12-6-7-12)10-18-9-13(16-8-15(18)20)11-4-2-1-3-5-11/h1-5,8-9,12H,6-7,10H2,(H,17,19). The fraction of sp³-hybridized carbons (Fsp3) is 0.267. The zero-order valence-corrected chi connectivity index (χ0v) is 11.0. The van der Waals surface area contributed by atoms with Crippen molar-refractivity contribution < 1.29 is 4.79 Å². The van der Waals surface area contributed by atoms with E-state index >= 15 is 0 Å². The first kappa shape index (κ1) is 12.6. The number of amides is 1. The average molecular weight is 269 g/mol. The Morgan fingerprint density at radius 1 is 1.30 bits per heavy atom. The van der Waals surface area contributed by atoms with Crippen LogP contribution >= 0.6 is 0 Å². The predicted octanol–water partition coefficient (Wildman–Crippen LogP) is 1.19. The Morgan fingerprint density at radius 2 is 2.05 bits per heavy atom. The molecule has 0 unspecified atom stereocenters. The molecule has 0 atom stereocenters. The molecule has 1 aromatic carbocycles. The second-order valence-electron chi connectivity index (χ2n) is 4.95. The molecule has 0 radical (unpaired) electrons. The molecule has 1 aliphatic rings. The van der Waals surface area contributed by atoms with Crippen LogP contribution in [-0.4, -0.2) is 21.5 Å². The monoisotopic (exact) mass is 269 g/mol. The van der Waals surface area contributed by atoms with E-state index in [1.54, 1.807) is 6.20 Å². The summed E-state index contributed by atoms with van der Waals surface area (Å²) in [6, 6.07) is 9.87. The van der Waals surface area contributed by atoms with E-state index < -0.39 is 0 Å². The summed E-state index contributed by atoms with van der Waals surface area (Å²) in [5.74, 6) is -0.125. The van der Waals surface area contributed by atoms with Gasteiger partial charge in [0.2, 0.25) is 5.91 Å². The van der Waals surface area contributed by atoms with Crippen molar-refractivity contribution in [3.8, 4) is 11.3 Å². The molecule has 1 aliphatic carbocycles. The van der Waals surface area contributed by atoms with Gasteiger partial charge in [0.25, 0.3) is 5.56 Å². The van der Waals surface area contributed by atoms with Gasteiger partial charge < -0.3 is 9.88 Å². The zero-order valence-electron chi connectivity index (χ0n) is 11.0. The van der Waals surface area contributed by atoms with E-state index in [0.29, 0.717) is 11.7 Å². The third-order valence-electron chi connectivity index (χ3n) is 3.20. The van der Waals surface area contributed by atoms with E-state index in [2.05, 4.69) is 10.3 Å². The molecule has 1 heterocycles. The second kappa shape index (κ2) is 5.28. The van der Waals surface area contributed by atoms with Crippen LogP contribution in [0.2, 0.25) is 0 Å². The fourth-order valence-corrected chi connectivity index (χ4v) is 1.98. The number of benzene rings is 1. The number of aromatic nitrogens is 2. The summed E-state index contributed by atoms with van der Waals surface area (Å²) in [5, 5.41) is 2.87. The molecule has 1 aromatic heterocycles. The molecule has 1 N–H and O–H groups in total. The lowest BCUT2D eigenvalue weighted by Crippen LogP contribution is -2.33. The third-order valence-corrected chi connectivity index (χ3v) is 3.20. The smallest absolute Gasteiger partial charge is 0.269 e. The van der Waals surface area contributed by atoms with Crippen molar-refractivity contribution in [2.45, 2.75) is 25.4 Å². The minimum atomic E-state index is -0.268. The normalized spacial score (nSPS) is 14.0. The minimum Gasteiger partial charge on any atom is -0.352 e. The Bertz CT molecular complexity index is 675. The molecule has 0 aliphatic heterocycles. The summed E-state index contributed by atoms with van der Waals surface area (Å²) in [7, 11) is 0. The first-order valence-electron chi connectivity index (χ1n) is 6.63. The summed E-state index contributed by atoms with van der Waals surface area (Å²) in [6.45, 7) is 0.0394. The maximum Gasteiger partial charge on any atom is 0.269 e. The van der Waals surface area contributed by atoms with Gasteiger partial charge in [-0.2, -0.15) is 0 Å². The van der Waals surface area contributed by atoms with E-state index in [1.165, 1.54) is 10.8 Å². The Kier molecular flexibility index (Phi) is 3.33. The van der Waals surface area contributed by atoms with Gasteiger partial charge in [-0.1, -0.05) is 30.3 Å². The number of hydrogen-bond acceptors (Lipinski definition) is 3. The molecular weight excluding hydrogens is 254 g/mol. The van der Waals surface area contributed by atoms with E-state index in [0.717, 1.165) is 18.4 Å². The lowest BCUT2D eigenvalue weighted by atomic mass is 10.2. The average Bonchev–Trinajstić information content (AvgIpc) is 3.26. The lowest BCUT2D eigenvalue weighted by Gasteiger charge is -2.08. The predicted molar refractivity (Wildman–Crippen MR) is 75.1 cm³/mol. The number of carbonyl (C=O) groups is 1. The van der Waals surface area contributed by atoms with Crippen LogP contribution in [0.5, 0.6) is 0 Å². The van der Waals surface area contributed by atoms with Crippen LogP contribution in [-0.2, 0) is 11.3 Å². The number of nitrogens with one attached hydrogen (secondary N) is 1. The van der Waals surface area contributed by atoms with Crippen LogP contribution in [0, 0.1) is 0 Å². The molecular formula is C15H15N3O2. The van der Waals surface area contributed by atoms with Crippen LogP contribution in [0.3, 0.4) is 0 Å². The first-order chi connectivity index (χ1) is 9.72. The highest BCUT2D eigenvalue weighted by atomic mass is 16.2. The van der Waals surface area contributed by atoms with Crippen LogP contribution in [0.15, 0.2) is 47.5 Å². The van der Waals surface area contributed by atoms with Crippen molar-refractivity contribution in [2.75, 3.05) is 0 Å². The van der Waals surface area contributed by atoms with Crippen molar-refractivity contribution in [2.24, 2.45) is 0 Å². The lowest BCUT2D eigenvalue weighted by molar-refractivity contribution is -0.121. The third kappa shape index (κ3) is 2.93. The largest absolute Gasteiger partial charge is 0.352 e. The molecule has 0 saturated heterocycles. The maximum absolute atomic E-state index is 11.8. The van der Waals surface area contributed by atoms with E-state index in [1.807, 2.05) is 30.3 Å². The van der Waals surface area contributed by atoms with Crippen LogP contribution in [0.25, 0.3) is 11.3 Å². The molecule has 0 bridgehead atoms. The Morgan fingerprint density at radius 3 is 2.75 bits per heavy atom. The van der Waals surface area contributed by atoms with Gasteiger partial charge in [-0.05, 0) is 12.8 Å².